The highest BCUT2D eigenvalue weighted by Gasteiger charge is 2.49. The maximum absolute atomic E-state index is 12.9. The van der Waals surface area contributed by atoms with Gasteiger partial charge in [0.25, 0.3) is 0 Å². The van der Waals surface area contributed by atoms with Gasteiger partial charge >= 0.3 is 5.97 Å². The zero-order chi connectivity index (χ0) is 18.9. The number of esters is 1. The van der Waals surface area contributed by atoms with Crippen LogP contribution in [0, 0.1) is 22.7 Å². The smallest absolute Gasteiger partial charge is 0.312 e. The maximum Gasteiger partial charge on any atom is 0.312 e. The third-order valence-electron chi connectivity index (χ3n) is 6.84. The van der Waals surface area contributed by atoms with E-state index in [4.69, 9.17) is 14.2 Å². The topological polar surface area (TPSA) is 44.8 Å². The highest BCUT2D eigenvalue weighted by Crippen LogP contribution is 2.45. The Bertz CT molecular complexity index is 461. The maximum atomic E-state index is 12.9. The van der Waals surface area contributed by atoms with Gasteiger partial charge in [-0.3, -0.25) is 4.79 Å². The summed E-state index contributed by atoms with van der Waals surface area (Å²) < 4.78 is 17.9. The Hall–Kier alpha value is -0.610. The molecule has 0 spiro atoms. The minimum atomic E-state index is -0.529. The lowest BCUT2D eigenvalue weighted by Gasteiger charge is -2.43. The van der Waals surface area contributed by atoms with E-state index in [1.54, 1.807) is 0 Å². The van der Waals surface area contributed by atoms with Crippen molar-refractivity contribution in [2.45, 2.75) is 92.5 Å². The molecular weight excluding hydrogens is 316 g/mol. The zero-order valence-electron chi connectivity index (χ0n) is 17.3. The first-order valence-electron chi connectivity index (χ1n) is 9.99. The molecule has 1 aliphatic carbocycles. The van der Waals surface area contributed by atoms with Crippen LogP contribution in [-0.2, 0) is 19.0 Å². The van der Waals surface area contributed by atoms with E-state index in [1.807, 2.05) is 6.92 Å². The van der Waals surface area contributed by atoms with Crippen LogP contribution < -0.4 is 0 Å². The van der Waals surface area contributed by atoms with Gasteiger partial charge in [0.2, 0.25) is 0 Å². The van der Waals surface area contributed by atoms with Gasteiger partial charge in [-0.25, -0.2) is 0 Å². The Morgan fingerprint density at radius 2 is 1.76 bits per heavy atom. The third kappa shape index (κ3) is 4.21. The van der Waals surface area contributed by atoms with Crippen LogP contribution in [0.15, 0.2) is 0 Å². The van der Waals surface area contributed by atoms with E-state index >= 15 is 0 Å². The SMILES string of the molecule is CC(C)C(C)(C(=O)OCC1COC(C)(C2CCCCC2)O1)C(C)(C)C. The number of ether oxygens (including phenoxy) is 3. The standard InChI is InChI=1S/C21H38O4/c1-15(2)20(6,19(3,4)5)18(22)23-13-17-14-24-21(7,25-17)16-11-9-8-10-12-16/h15-17H,8-14H2,1-7H3. The normalized spacial score (nSPS) is 31.1. The monoisotopic (exact) mass is 354 g/mol. The van der Waals surface area contributed by atoms with Crippen molar-refractivity contribution >= 4 is 5.97 Å². The van der Waals surface area contributed by atoms with Crippen molar-refractivity contribution in [3.05, 3.63) is 0 Å². The van der Waals surface area contributed by atoms with Gasteiger partial charge < -0.3 is 14.2 Å². The van der Waals surface area contributed by atoms with Crippen LogP contribution in [0.3, 0.4) is 0 Å². The van der Waals surface area contributed by atoms with Gasteiger partial charge in [0.1, 0.15) is 12.7 Å². The quantitative estimate of drug-likeness (QED) is 0.655. The highest BCUT2D eigenvalue weighted by atomic mass is 16.8. The van der Waals surface area contributed by atoms with Gasteiger partial charge in [-0.05, 0) is 38.0 Å². The summed E-state index contributed by atoms with van der Waals surface area (Å²) in [6, 6.07) is 0. The highest BCUT2D eigenvalue weighted by molar-refractivity contribution is 5.77. The molecule has 0 aromatic heterocycles. The second kappa shape index (κ2) is 7.56. The van der Waals surface area contributed by atoms with E-state index in [0.29, 0.717) is 12.5 Å². The van der Waals surface area contributed by atoms with Crippen LogP contribution in [0.5, 0.6) is 0 Å². The lowest BCUT2D eigenvalue weighted by molar-refractivity contribution is -0.204. The van der Waals surface area contributed by atoms with Crippen molar-refractivity contribution in [1.82, 2.24) is 0 Å². The minimum absolute atomic E-state index is 0.134. The largest absolute Gasteiger partial charge is 0.462 e. The molecular formula is C21H38O4. The zero-order valence-corrected chi connectivity index (χ0v) is 17.3. The molecule has 0 aromatic rings. The van der Waals surface area contributed by atoms with Crippen molar-refractivity contribution in [2.24, 2.45) is 22.7 Å². The number of carbonyl (C=O) groups excluding carboxylic acids is 1. The van der Waals surface area contributed by atoms with Gasteiger partial charge in [-0.15, -0.1) is 0 Å². The second-order valence-corrected chi connectivity index (χ2v) is 9.61. The molecule has 0 radical (unpaired) electrons. The molecule has 2 fully saturated rings. The molecule has 1 saturated carbocycles. The molecule has 2 rings (SSSR count). The molecule has 25 heavy (non-hydrogen) atoms. The Balaban J connectivity index is 1.92. The first-order chi connectivity index (χ1) is 11.5. The second-order valence-electron chi connectivity index (χ2n) is 9.61. The Morgan fingerprint density at radius 3 is 2.28 bits per heavy atom. The summed E-state index contributed by atoms with van der Waals surface area (Å²) in [7, 11) is 0. The van der Waals surface area contributed by atoms with Crippen molar-refractivity contribution in [2.75, 3.05) is 13.2 Å². The average Bonchev–Trinajstić information content (AvgIpc) is 2.94. The van der Waals surface area contributed by atoms with Crippen LogP contribution in [0.1, 0.15) is 80.6 Å². The molecule has 0 amide bonds. The first-order valence-corrected chi connectivity index (χ1v) is 9.99. The van der Waals surface area contributed by atoms with Crippen LogP contribution in [0.25, 0.3) is 0 Å². The molecule has 3 unspecified atom stereocenters. The van der Waals surface area contributed by atoms with Gasteiger partial charge in [0, 0.05) is 5.92 Å². The number of rotatable bonds is 5. The molecule has 4 nitrogen and oxygen atoms in total. The van der Waals surface area contributed by atoms with Crippen molar-refractivity contribution in [3.8, 4) is 0 Å². The summed E-state index contributed by atoms with van der Waals surface area (Å²) >= 11 is 0. The average molecular weight is 355 g/mol. The molecule has 1 aliphatic heterocycles. The first kappa shape index (κ1) is 20.7. The summed E-state index contributed by atoms with van der Waals surface area (Å²) in [4.78, 5) is 12.9. The predicted molar refractivity (Wildman–Crippen MR) is 99.2 cm³/mol. The third-order valence-corrected chi connectivity index (χ3v) is 6.84. The van der Waals surface area contributed by atoms with Crippen LogP contribution in [-0.4, -0.2) is 31.1 Å². The molecule has 2 aliphatic rings. The summed E-state index contributed by atoms with van der Waals surface area (Å²) in [5, 5.41) is 0. The molecule has 0 bridgehead atoms. The molecule has 1 heterocycles. The summed E-state index contributed by atoms with van der Waals surface area (Å²) in [6.07, 6.45) is 5.99. The van der Waals surface area contributed by atoms with Gasteiger partial charge in [-0.2, -0.15) is 0 Å². The van der Waals surface area contributed by atoms with Crippen LogP contribution in [0.4, 0.5) is 0 Å². The fourth-order valence-corrected chi connectivity index (χ4v) is 4.31. The molecule has 3 atom stereocenters. The number of hydrogen-bond donors (Lipinski definition) is 0. The van der Waals surface area contributed by atoms with Crippen molar-refractivity contribution in [1.29, 1.82) is 0 Å². The van der Waals surface area contributed by atoms with E-state index in [-0.39, 0.29) is 30.0 Å². The van der Waals surface area contributed by atoms with E-state index in [9.17, 15) is 4.79 Å². The van der Waals surface area contributed by atoms with E-state index in [2.05, 4.69) is 41.5 Å². The fourth-order valence-electron chi connectivity index (χ4n) is 4.31. The summed E-state index contributed by atoms with van der Waals surface area (Å²) in [6.45, 7) is 15.3. The van der Waals surface area contributed by atoms with E-state index in [1.165, 1.54) is 32.1 Å². The van der Waals surface area contributed by atoms with Gasteiger partial charge in [0.15, 0.2) is 5.79 Å². The van der Waals surface area contributed by atoms with Gasteiger partial charge in [-0.1, -0.05) is 53.9 Å². The molecule has 0 N–H and O–H groups in total. The van der Waals surface area contributed by atoms with E-state index in [0.717, 1.165) is 0 Å². The Kier molecular flexibility index (Phi) is 6.26. The molecule has 146 valence electrons. The fraction of sp³-hybridized carbons (Fsp3) is 0.952. The predicted octanol–water partition coefficient (Wildman–Crippen LogP) is 4.95. The van der Waals surface area contributed by atoms with Crippen molar-refractivity contribution in [3.63, 3.8) is 0 Å². The number of carbonyl (C=O) groups is 1. The van der Waals surface area contributed by atoms with Gasteiger partial charge in [0.05, 0.1) is 12.0 Å². The number of hydrogen-bond acceptors (Lipinski definition) is 4. The summed E-state index contributed by atoms with van der Waals surface area (Å²) in [5.41, 5.74) is -0.693. The molecule has 0 aromatic carbocycles. The lowest BCUT2D eigenvalue weighted by Crippen LogP contribution is -2.46. The van der Waals surface area contributed by atoms with Crippen LogP contribution >= 0.6 is 0 Å². The Morgan fingerprint density at radius 1 is 1.16 bits per heavy atom. The Labute approximate surface area is 154 Å². The van der Waals surface area contributed by atoms with E-state index < -0.39 is 11.2 Å². The minimum Gasteiger partial charge on any atom is -0.462 e. The molecule has 1 saturated heterocycles. The van der Waals surface area contributed by atoms with Crippen LogP contribution in [0.2, 0.25) is 0 Å². The lowest BCUT2D eigenvalue weighted by atomic mass is 9.62. The molecule has 4 heteroatoms. The van der Waals surface area contributed by atoms with Crippen molar-refractivity contribution < 1.29 is 19.0 Å². The summed E-state index contributed by atoms with van der Waals surface area (Å²) in [5.74, 6) is 0.0126.